The van der Waals surface area contributed by atoms with Gasteiger partial charge in [-0.25, -0.2) is 0 Å². The molecule has 0 spiro atoms. The number of nitrogens with zero attached hydrogens (tertiary/aromatic N) is 1. The molecule has 0 bridgehead atoms. The molecule has 2 aromatic carbocycles. The van der Waals surface area contributed by atoms with Crippen LogP contribution in [0.5, 0.6) is 5.75 Å². The molecule has 2 rings (SSSR count). The summed E-state index contributed by atoms with van der Waals surface area (Å²) in [5.74, 6) is 0.338. The third-order valence-corrected chi connectivity index (χ3v) is 5.85. The van der Waals surface area contributed by atoms with Crippen molar-refractivity contribution in [3.8, 4) is 5.75 Å². The van der Waals surface area contributed by atoms with Gasteiger partial charge < -0.3 is 15.0 Å². The van der Waals surface area contributed by atoms with Gasteiger partial charge in [0, 0.05) is 18.1 Å². The minimum atomic E-state index is -0.570. The van der Waals surface area contributed by atoms with Crippen molar-refractivity contribution in [3.05, 3.63) is 63.7 Å². The van der Waals surface area contributed by atoms with Gasteiger partial charge in [0.1, 0.15) is 11.8 Å². The summed E-state index contributed by atoms with van der Waals surface area (Å²) in [5.41, 5.74) is 4.12. The Kier molecular flexibility index (Phi) is 10.0. The average Bonchev–Trinajstić information content (AvgIpc) is 2.76. The molecule has 0 unspecified atom stereocenters. The number of unbranched alkanes of at least 4 members (excludes halogenated alkanes) is 1. The Bertz CT molecular complexity index is 912. The topological polar surface area (TPSA) is 58.6 Å². The normalized spacial score (nSPS) is 11.7. The summed E-state index contributed by atoms with van der Waals surface area (Å²) in [7, 11) is 0. The minimum absolute atomic E-state index is 0.129. The van der Waals surface area contributed by atoms with Crippen LogP contribution in [0.25, 0.3) is 0 Å². The number of aryl methyl sites for hydroxylation is 2. The lowest BCUT2D eigenvalue weighted by Gasteiger charge is -2.30. The number of carbonyl (C=O) groups is 2. The molecule has 1 N–H and O–H groups in total. The molecular weight excluding hydrogens is 424 g/mol. The summed E-state index contributed by atoms with van der Waals surface area (Å²) in [6, 6.07) is 10.8. The van der Waals surface area contributed by atoms with E-state index in [1.807, 2.05) is 45.9 Å². The monoisotopic (exact) mass is 458 g/mol. The number of rotatable bonds is 11. The van der Waals surface area contributed by atoms with E-state index in [9.17, 15) is 9.59 Å². The Hall–Kier alpha value is -2.53. The van der Waals surface area contributed by atoms with Crippen LogP contribution in [-0.2, 0) is 16.1 Å². The molecule has 0 aliphatic heterocycles. The summed E-state index contributed by atoms with van der Waals surface area (Å²) in [5, 5.41) is 3.60. The maximum atomic E-state index is 13.3. The van der Waals surface area contributed by atoms with E-state index < -0.39 is 6.04 Å². The maximum absolute atomic E-state index is 13.3. The summed E-state index contributed by atoms with van der Waals surface area (Å²) in [6.45, 7) is 10.8. The number of hydrogen-bond donors (Lipinski definition) is 1. The van der Waals surface area contributed by atoms with E-state index in [2.05, 4.69) is 18.3 Å². The molecule has 0 heterocycles. The first-order valence-electron chi connectivity index (χ1n) is 11.3. The van der Waals surface area contributed by atoms with Crippen LogP contribution in [0.3, 0.4) is 0 Å². The minimum Gasteiger partial charge on any atom is -0.483 e. The molecule has 1 atom stereocenters. The van der Waals surface area contributed by atoms with Crippen molar-refractivity contribution in [2.75, 3.05) is 13.2 Å². The van der Waals surface area contributed by atoms with Crippen molar-refractivity contribution in [1.82, 2.24) is 10.2 Å². The predicted octanol–water partition coefficient (Wildman–Crippen LogP) is 5.37. The molecule has 2 amide bonds. The van der Waals surface area contributed by atoms with E-state index in [-0.39, 0.29) is 18.4 Å². The predicted molar refractivity (Wildman–Crippen MR) is 130 cm³/mol. The maximum Gasteiger partial charge on any atom is 0.261 e. The summed E-state index contributed by atoms with van der Waals surface area (Å²) < 4.78 is 5.93. The van der Waals surface area contributed by atoms with Gasteiger partial charge in [-0.2, -0.15) is 0 Å². The fraction of sp³-hybridized carbons (Fsp3) is 0.462. The molecular formula is C26H35ClN2O3. The number of carbonyl (C=O) groups excluding carboxylic acids is 2. The second kappa shape index (κ2) is 12.5. The first-order valence-corrected chi connectivity index (χ1v) is 11.7. The largest absolute Gasteiger partial charge is 0.483 e. The molecule has 5 nitrogen and oxygen atoms in total. The molecule has 0 saturated heterocycles. The molecule has 0 saturated carbocycles. The van der Waals surface area contributed by atoms with Gasteiger partial charge in [0.15, 0.2) is 6.61 Å². The fourth-order valence-electron chi connectivity index (χ4n) is 3.59. The summed E-state index contributed by atoms with van der Waals surface area (Å²) in [6.07, 6.45) is 2.41. The first kappa shape index (κ1) is 25.7. The van der Waals surface area contributed by atoms with Crippen molar-refractivity contribution in [2.45, 2.75) is 66.5 Å². The van der Waals surface area contributed by atoms with Crippen LogP contribution in [-0.4, -0.2) is 35.9 Å². The van der Waals surface area contributed by atoms with Crippen molar-refractivity contribution < 1.29 is 14.3 Å². The quantitative estimate of drug-likeness (QED) is 0.460. The Morgan fingerprint density at radius 1 is 1.09 bits per heavy atom. The van der Waals surface area contributed by atoms with Gasteiger partial charge in [0.05, 0.1) is 0 Å². The number of hydrogen-bond acceptors (Lipinski definition) is 3. The van der Waals surface area contributed by atoms with E-state index in [1.165, 1.54) is 0 Å². The van der Waals surface area contributed by atoms with Crippen LogP contribution in [0, 0.1) is 20.8 Å². The Labute approximate surface area is 197 Å². The van der Waals surface area contributed by atoms with Gasteiger partial charge in [0.2, 0.25) is 5.91 Å². The zero-order chi connectivity index (χ0) is 23.7. The highest BCUT2D eigenvalue weighted by Gasteiger charge is 2.29. The number of nitrogens with one attached hydrogen (secondary N) is 1. The second-order valence-electron chi connectivity index (χ2n) is 8.21. The van der Waals surface area contributed by atoms with E-state index in [1.54, 1.807) is 17.0 Å². The van der Waals surface area contributed by atoms with Crippen molar-refractivity contribution in [1.29, 1.82) is 0 Å². The Morgan fingerprint density at radius 3 is 2.41 bits per heavy atom. The van der Waals surface area contributed by atoms with Crippen molar-refractivity contribution >= 4 is 23.4 Å². The fourth-order valence-corrected chi connectivity index (χ4v) is 3.71. The zero-order valence-corrected chi connectivity index (χ0v) is 20.6. The molecule has 0 radical (unpaired) electrons. The third kappa shape index (κ3) is 7.27. The number of benzene rings is 2. The standard InChI is InChI=1S/C26H35ClN2O3/c1-6-8-13-28-26(31)23(7-2)29(16-21-9-11-22(27)12-10-21)25(30)17-32-24-15-18(3)14-19(4)20(24)5/h9-12,14-15,23H,6-8,13,16-17H2,1-5H3,(H,28,31)/t23-/m1/s1. The Balaban J connectivity index is 2.22. The SMILES string of the molecule is CCCCNC(=O)[C@@H](CC)N(Cc1ccc(Cl)cc1)C(=O)COc1cc(C)cc(C)c1C. The Morgan fingerprint density at radius 2 is 1.78 bits per heavy atom. The highest BCUT2D eigenvalue weighted by Crippen LogP contribution is 2.24. The lowest BCUT2D eigenvalue weighted by Crippen LogP contribution is -2.50. The average molecular weight is 459 g/mol. The van der Waals surface area contributed by atoms with Crippen LogP contribution in [0.15, 0.2) is 36.4 Å². The van der Waals surface area contributed by atoms with Crippen LogP contribution in [0.1, 0.15) is 55.4 Å². The van der Waals surface area contributed by atoms with Crippen LogP contribution >= 0.6 is 11.6 Å². The highest BCUT2D eigenvalue weighted by molar-refractivity contribution is 6.30. The lowest BCUT2D eigenvalue weighted by atomic mass is 10.1. The molecule has 0 aliphatic rings. The first-order chi connectivity index (χ1) is 15.3. The van der Waals surface area contributed by atoms with E-state index in [0.29, 0.717) is 30.3 Å². The molecule has 0 aliphatic carbocycles. The zero-order valence-electron chi connectivity index (χ0n) is 19.8. The van der Waals surface area contributed by atoms with Gasteiger partial charge >= 0.3 is 0 Å². The molecule has 6 heteroatoms. The lowest BCUT2D eigenvalue weighted by molar-refractivity contribution is -0.143. The molecule has 2 aromatic rings. The molecule has 32 heavy (non-hydrogen) atoms. The van der Waals surface area contributed by atoms with Crippen molar-refractivity contribution in [3.63, 3.8) is 0 Å². The summed E-state index contributed by atoms with van der Waals surface area (Å²) in [4.78, 5) is 27.8. The van der Waals surface area contributed by atoms with Gasteiger partial charge in [-0.05, 0) is 74.1 Å². The highest BCUT2D eigenvalue weighted by atomic mass is 35.5. The number of halogens is 1. The number of amides is 2. The second-order valence-corrected chi connectivity index (χ2v) is 8.65. The van der Waals surface area contributed by atoms with E-state index >= 15 is 0 Å². The van der Waals surface area contributed by atoms with Crippen LogP contribution in [0.4, 0.5) is 0 Å². The third-order valence-electron chi connectivity index (χ3n) is 5.60. The van der Waals surface area contributed by atoms with Gasteiger partial charge in [-0.15, -0.1) is 0 Å². The van der Waals surface area contributed by atoms with Crippen LogP contribution < -0.4 is 10.1 Å². The molecule has 0 aromatic heterocycles. The van der Waals surface area contributed by atoms with Crippen LogP contribution in [0.2, 0.25) is 5.02 Å². The molecule has 174 valence electrons. The van der Waals surface area contributed by atoms with Gasteiger partial charge in [-0.3, -0.25) is 9.59 Å². The van der Waals surface area contributed by atoms with Gasteiger partial charge in [-0.1, -0.05) is 50.1 Å². The number of ether oxygens (including phenoxy) is 1. The summed E-state index contributed by atoms with van der Waals surface area (Å²) >= 11 is 6.02. The van der Waals surface area contributed by atoms with Gasteiger partial charge in [0.25, 0.3) is 5.91 Å². The van der Waals surface area contributed by atoms with E-state index in [4.69, 9.17) is 16.3 Å². The van der Waals surface area contributed by atoms with E-state index in [0.717, 1.165) is 35.1 Å². The molecule has 0 fully saturated rings. The smallest absolute Gasteiger partial charge is 0.261 e. The van der Waals surface area contributed by atoms with Crippen molar-refractivity contribution in [2.24, 2.45) is 0 Å².